The molecule has 0 aliphatic carbocycles. The summed E-state index contributed by atoms with van der Waals surface area (Å²) in [6.45, 7) is 6.37. The van der Waals surface area contributed by atoms with Gasteiger partial charge in [-0.2, -0.15) is 0 Å². The van der Waals surface area contributed by atoms with Crippen LogP contribution in [-0.4, -0.2) is 40.0 Å². The Balaban J connectivity index is 1.66. The molecule has 1 aromatic carbocycles. The van der Waals surface area contributed by atoms with Crippen LogP contribution in [0.1, 0.15) is 37.7 Å². The number of halogens is 2. The summed E-state index contributed by atoms with van der Waals surface area (Å²) in [4.78, 5) is 26.9. The molecule has 0 spiro atoms. The zero-order valence-electron chi connectivity index (χ0n) is 17.6. The van der Waals surface area contributed by atoms with E-state index < -0.39 is 17.7 Å². The van der Waals surface area contributed by atoms with Crippen molar-refractivity contribution >= 4 is 28.4 Å². The Morgan fingerprint density at radius 3 is 2.71 bits per heavy atom. The van der Waals surface area contributed by atoms with Crippen molar-refractivity contribution in [3.8, 4) is 0 Å². The van der Waals surface area contributed by atoms with Gasteiger partial charge in [-0.15, -0.1) is 0 Å². The molecule has 1 fully saturated rings. The van der Waals surface area contributed by atoms with Gasteiger partial charge in [0.05, 0.1) is 17.8 Å². The van der Waals surface area contributed by atoms with Crippen LogP contribution >= 0.6 is 0 Å². The van der Waals surface area contributed by atoms with E-state index in [1.54, 1.807) is 20.0 Å². The van der Waals surface area contributed by atoms with Gasteiger partial charge in [0, 0.05) is 37.0 Å². The summed E-state index contributed by atoms with van der Waals surface area (Å²) < 4.78 is 28.5. The van der Waals surface area contributed by atoms with Crippen LogP contribution < -0.4 is 15.5 Å². The number of fused-ring (bicyclic) bond motifs is 1. The Bertz CT molecular complexity index is 1120. The molecule has 31 heavy (non-hydrogen) atoms. The molecule has 3 aromatic rings. The lowest BCUT2D eigenvalue weighted by Gasteiger charge is -2.20. The first kappa shape index (κ1) is 20.9. The maximum Gasteiger partial charge on any atom is 0.217 e. The third kappa shape index (κ3) is 4.40. The van der Waals surface area contributed by atoms with E-state index in [1.807, 2.05) is 6.07 Å². The van der Waals surface area contributed by atoms with E-state index >= 15 is 0 Å². The third-order valence-corrected chi connectivity index (χ3v) is 5.39. The first-order valence-electron chi connectivity index (χ1n) is 10.2. The van der Waals surface area contributed by atoms with Crippen molar-refractivity contribution in [3.05, 3.63) is 53.5 Å². The normalized spacial score (nSPS) is 17.1. The number of rotatable bonds is 5. The molecule has 4 rings (SSSR count). The Labute approximate surface area is 178 Å². The Morgan fingerprint density at radius 1 is 1.26 bits per heavy atom. The monoisotopic (exact) mass is 426 g/mol. The van der Waals surface area contributed by atoms with Gasteiger partial charge in [-0.05, 0) is 38.5 Å². The second-order valence-electron chi connectivity index (χ2n) is 7.81. The van der Waals surface area contributed by atoms with Crippen LogP contribution in [0.15, 0.2) is 30.5 Å². The molecule has 1 aliphatic heterocycles. The molecule has 162 valence electrons. The van der Waals surface area contributed by atoms with Gasteiger partial charge in [-0.3, -0.25) is 4.79 Å². The molecule has 0 bridgehead atoms. The molecule has 1 unspecified atom stereocenters. The van der Waals surface area contributed by atoms with E-state index in [2.05, 4.69) is 30.5 Å². The zero-order valence-corrected chi connectivity index (χ0v) is 17.6. The topological polar surface area (TPSA) is 83.0 Å². The first-order chi connectivity index (χ1) is 14.8. The summed E-state index contributed by atoms with van der Waals surface area (Å²) in [5.41, 5.74) is 0.594. The van der Waals surface area contributed by atoms with Crippen LogP contribution in [0.25, 0.3) is 10.9 Å². The maximum atomic E-state index is 14.2. The molecule has 2 N–H and O–H groups in total. The average molecular weight is 426 g/mol. The maximum absolute atomic E-state index is 14.2. The van der Waals surface area contributed by atoms with Gasteiger partial charge >= 0.3 is 0 Å². The lowest BCUT2D eigenvalue weighted by Crippen LogP contribution is -2.35. The summed E-state index contributed by atoms with van der Waals surface area (Å²) in [5.74, 6) is 0.470. The number of hydrogen-bond donors (Lipinski definition) is 2. The summed E-state index contributed by atoms with van der Waals surface area (Å²) >= 11 is 0. The van der Waals surface area contributed by atoms with E-state index in [0.29, 0.717) is 29.1 Å². The summed E-state index contributed by atoms with van der Waals surface area (Å²) in [7, 11) is 0. The molecule has 0 radical (unpaired) electrons. The predicted octanol–water partition coefficient (Wildman–Crippen LogP) is 3.50. The standard InChI is InChI=1S/C22H24F2N6O/c1-12(21-17(23)5-4-6-18(21)24)26-22-16-9-20(25-10-19(16)27-13(2)28-22)30-8-7-15(11-30)29-14(3)31/h4-6,9-10,12,15H,7-8,11H2,1-3H3,(H,29,31)(H,26,27,28)/t12?,15-/m1/s1. The zero-order chi connectivity index (χ0) is 22.1. The highest BCUT2D eigenvalue weighted by molar-refractivity contribution is 5.90. The lowest BCUT2D eigenvalue weighted by atomic mass is 10.1. The summed E-state index contributed by atoms with van der Waals surface area (Å²) in [6.07, 6.45) is 2.50. The van der Waals surface area contributed by atoms with Gasteiger partial charge in [0.1, 0.15) is 29.1 Å². The van der Waals surface area contributed by atoms with E-state index in [0.717, 1.165) is 18.8 Å². The number of anilines is 2. The molecule has 1 amide bonds. The van der Waals surface area contributed by atoms with Crippen molar-refractivity contribution in [3.63, 3.8) is 0 Å². The molecule has 1 aliphatic rings. The van der Waals surface area contributed by atoms with Crippen LogP contribution in [0, 0.1) is 18.6 Å². The fourth-order valence-electron chi connectivity index (χ4n) is 4.00. The van der Waals surface area contributed by atoms with Crippen molar-refractivity contribution < 1.29 is 13.6 Å². The number of pyridine rings is 1. The van der Waals surface area contributed by atoms with Crippen LogP contribution in [0.4, 0.5) is 20.4 Å². The number of aromatic nitrogens is 3. The van der Waals surface area contributed by atoms with Crippen molar-refractivity contribution in [2.45, 2.75) is 39.3 Å². The van der Waals surface area contributed by atoms with Gasteiger partial charge in [0.15, 0.2) is 0 Å². The molecular weight excluding hydrogens is 402 g/mol. The van der Waals surface area contributed by atoms with E-state index in [9.17, 15) is 13.6 Å². The molecule has 2 atom stereocenters. The average Bonchev–Trinajstić information content (AvgIpc) is 3.15. The minimum absolute atomic E-state index is 0.0427. The Morgan fingerprint density at radius 2 is 2.00 bits per heavy atom. The van der Waals surface area contributed by atoms with Gasteiger partial charge < -0.3 is 15.5 Å². The van der Waals surface area contributed by atoms with E-state index in [-0.39, 0.29) is 17.5 Å². The second kappa shape index (κ2) is 8.41. The third-order valence-electron chi connectivity index (χ3n) is 5.39. The number of carbonyl (C=O) groups is 1. The van der Waals surface area contributed by atoms with Gasteiger partial charge in [0.2, 0.25) is 5.91 Å². The number of hydrogen-bond acceptors (Lipinski definition) is 6. The summed E-state index contributed by atoms with van der Waals surface area (Å²) in [6, 6.07) is 5.12. The molecular formula is C22H24F2N6O. The highest BCUT2D eigenvalue weighted by Gasteiger charge is 2.25. The Kier molecular flexibility index (Phi) is 5.67. The highest BCUT2D eigenvalue weighted by Crippen LogP contribution is 2.30. The number of carbonyl (C=O) groups excluding carboxylic acids is 1. The summed E-state index contributed by atoms with van der Waals surface area (Å²) in [5, 5.41) is 6.79. The minimum atomic E-state index is -0.647. The second-order valence-corrected chi connectivity index (χ2v) is 7.81. The van der Waals surface area contributed by atoms with Crippen molar-refractivity contribution in [2.75, 3.05) is 23.3 Å². The van der Waals surface area contributed by atoms with Gasteiger partial charge in [-0.25, -0.2) is 23.7 Å². The molecule has 1 saturated heterocycles. The molecule has 9 heteroatoms. The fraction of sp³-hybridized carbons (Fsp3) is 0.364. The number of benzene rings is 1. The molecule has 2 aromatic heterocycles. The quantitative estimate of drug-likeness (QED) is 0.650. The molecule has 0 saturated carbocycles. The van der Waals surface area contributed by atoms with Crippen LogP contribution in [0.3, 0.4) is 0 Å². The minimum Gasteiger partial charge on any atom is -0.363 e. The molecule has 3 heterocycles. The smallest absolute Gasteiger partial charge is 0.217 e. The van der Waals surface area contributed by atoms with E-state index in [1.165, 1.54) is 25.1 Å². The van der Waals surface area contributed by atoms with Crippen LogP contribution in [0.2, 0.25) is 0 Å². The van der Waals surface area contributed by atoms with Gasteiger partial charge in [0.25, 0.3) is 0 Å². The number of amides is 1. The lowest BCUT2D eigenvalue weighted by molar-refractivity contribution is -0.119. The van der Waals surface area contributed by atoms with Crippen LogP contribution in [0.5, 0.6) is 0 Å². The van der Waals surface area contributed by atoms with Crippen molar-refractivity contribution in [1.29, 1.82) is 0 Å². The highest BCUT2D eigenvalue weighted by atomic mass is 19.1. The van der Waals surface area contributed by atoms with Crippen LogP contribution in [-0.2, 0) is 4.79 Å². The Hall–Kier alpha value is -3.36. The van der Waals surface area contributed by atoms with Gasteiger partial charge in [-0.1, -0.05) is 6.07 Å². The fourth-order valence-corrected chi connectivity index (χ4v) is 4.00. The first-order valence-corrected chi connectivity index (χ1v) is 10.2. The van der Waals surface area contributed by atoms with E-state index in [4.69, 9.17) is 0 Å². The van der Waals surface area contributed by atoms with Crippen molar-refractivity contribution in [1.82, 2.24) is 20.3 Å². The number of aryl methyl sites for hydroxylation is 1. The predicted molar refractivity (Wildman–Crippen MR) is 115 cm³/mol. The van der Waals surface area contributed by atoms with Crippen molar-refractivity contribution in [2.24, 2.45) is 0 Å². The SMILES string of the molecule is CC(=O)N[C@@H]1CCN(c2cc3c(NC(C)c4c(F)cccc4F)nc(C)nc3cn2)C1. The molecule has 7 nitrogen and oxygen atoms in total. The largest absolute Gasteiger partial charge is 0.363 e. The number of nitrogens with one attached hydrogen (secondary N) is 2. The number of nitrogens with zero attached hydrogens (tertiary/aromatic N) is 4.